The molecule has 0 aliphatic heterocycles. The molecule has 0 aliphatic carbocycles. The SMILES string of the molecule is Cc1cc(C(=O)O)ccc1OC(C)C. The number of hydrogen-bond donors (Lipinski definition) is 1. The Labute approximate surface area is 83.3 Å². The van der Waals surface area contributed by atoms with Gasteiger partial charge in [0.25, 0.3) is 0 Å². The standard InChI is InChI=1S/C11H14O3/c1-7(2)14-10-5-4-9(11(12)13)6-8(10)3/h4-7H,1-3H3,(H,12,13). The first-order chi connectivity index (χ1) is 6.50. The molecule has 3 heteroatoms. The van der Waals surface area contributed by atoms with Gasteiger partial charge in [0.05, 0.1) is 11.7 Å². The molecule has 0 bridgehead atoms. The highest BCUT2D eigenvalue weighted by Gasteiger charge is 2.06. The molecular formula is C11H14O3. The van der Waals surface area contributed by atoms with E-state index >= 15 is 0 Å². The molecule has 0 fully saturated rings. The Kier molecular flexibility index (Phi) is 3.12. The zero-order chi connectivity index (χ0) is 10.7. The van der Waals surface area contributed by atoms with E-state index in [1.807, 2.05) is 20.8 Å². The van der Waals surface area contributed by atoms with E-state index in [0.717, 1.165) is 11.3 Å². The van der Waals surface area contributed by atoms with Gasteiger partial charge in [-0.25, -0.2) is 4.79 Å². The Morgan fingerprint density at radius 2 is 2.07 bits per heavy atom. The Morgan fingerprint density at radius 1 is 1.43 bits per heavy atom. The van der Waals surface area contributed by atoms with Crippen molar-refractivity contribution in [2.24, 2.45) is 0 Å². The lowest BCUT2D eigenvalue weighted by atomic mass is 10.1. The lowest BCUT2D eigenvalue weighted by Gasteiger charge is -2.12. The zero-order valence-electron chi connectivity index (χ0n) is 8.57. The summed E-state index contributed by atoms with van der Waals surface area (Å²) in [6, 6.07) is 4.85. The van der Waals surface area contributed by atoms with Crippen LogP contribution in [-0.2, 0) is 0 Å². The fraction of sp³-hybridized carbons (Fsp3) is 0.364. The smallest absolute Gasteiger partial charge is 0.335 e. The Hall–Kier alpha value is -1.51. The Balaban J connectivity index is 2.95. The fourth-order valence-electron chi connectivity index (χ4n) is 1.17. The van der Waals surface area contributed by atoms with E-state index < -0.39 is 5.97 Å². The monoisotopic (exact) mass is 194 g/mol. The molecule has 1 rings (SSSR count). The number of carboxylic acids is 1. The van der Waals surface area contributed by atoms with Crippen LogP contribution in [0.3, 0.4) is 0 Å². The molecule has 0 unspecified atom stereocenters. The number of ether oxygens (including phenoxy) is 1. The second-order valence-electron chi connectivity index (χ2n) is 3.45. The summed E-state index contributed by atoms with van der Waals surface area (Å²) in [5.41, 5.74) is 1.14. The van der Waals surface area contributed by atoms with E-state index in [1.54, 1.807) is 18.2 Å². The number of aryl methyl sites for hydroxylation is 1. The van der Waals surface area contributed by atoms with E-state index in [0.29, 0.717) is 5.56 Å². The highest BCUT2D eigenvalue weighted by Crippen LogP contribution is 2.20. The van der Waals surface area contributed by atoms with Crippen molar-refractivity contribution < 1.29 is 14.6 Å². The highest BCUT2D eigenvalue weighted by molar-refractivity contribution is 5.88. The predicted molar refractivity (Wildman–Crippen MR) is 53.9 cm³/mol. The summed E-state index contributed by atoms with van der Waals surface area (Å²) in [5, 5.41) is 8.74. The van der Waals surface area contributed by atoms with Crippen molar-refractivity contribution in [1.82, 2.24) is 0 Å². The van der Waals surface area contributed by atoms with E-state index in [-0.39, 0.29) is 6.10 Å². The van der Waals surface area contributed by atoms with Crippen LogP contribution in [0.2, 0.25) is 0 Å². The lowest BCUT2D eigenvalue weighted by molar-refractivity contribution is 0.0696. The van der Waals surface area contributed by atoms with Crippen LogP contribution in [-0.4, -0.2) is 17.2 Å². The van der Waals surface area contributed by atoms with Gasteiger partial charge in [0.2, 0.25) is 0 Å². The average Bonchev–Trinajstić information content (AvgIpc) is 2.07. The van der Waals surface area contributed by atoms with Gasteiger partial charge in [0, 0.05) is 0 Å². The highest BCUT2D eigenvalue weighted by atomic mass is 16.5. The summed E-state index contributed by atoms with van der Waals surface area (Å²) in [6.07, 6.45) is 0.101. The summed E-state index contributed by atoms with van der Waals surface area (Å²) >= 11 is 0. The molecule has 0 spiro atoms. The van der Waals surface area contributed by atoms with Crippen molar-refractivity contribution in [2.75, 3.05) is 0 Å². The van der Waals surface area contributed by atoms with Gasteiger partial charge < -0.3 is 9.84 Å². The van der Waals surface area contributed by atoms with Gasteiger partial charge in [-0.2, -0.15) is 0 Å². The molecule has 1 N–H and O–H groups in total. The maximum atomic E-state index is 10.6. The van der Waals surface area contributed by atoms with Crippen molar-refractivity contribution in [2.45, 2.75) is 26.9 Å². The molecular weight excluding hydrogens is 180 g/mol. The van der Waals surface area contributed by atoms with Crippen molar-refractivity contribution in [1.29, 1.82) is 0 Å². The van der Waals surface area contributed by atoms with Gasteiger partial charge in [0.15, 0.2) is 0 Å². The first kappa shape index (κ1) is 10.6. The molecule has 0 radical (unpaired) electrons. The van der Waals surface area contributed by atoms with Gasteiger partial charge in [-0.3, -0.25) is 0 Å². The van der Waals surface area contributed by atoms with Crippen molar-refractivity contribution in [3.8, 4) is 5.75 Å². The van der Waals surface area contributed by atoms with Gasteiger partial charge in [-0.1, -0.05) is 0 Å². The number of rotatable bonds is 3. The minimum absolute atomic E-state index is 0.101. The first-order valence-electron chi connectivity index (χ1n) is 4.51. The quantitative estimate of drug-likeness (QED) is 0.804. The molecule has 0 heterocycles. The number of carbonyl (C=O) groups is 1. The molecule has 3 nitrogen and oxygen atoms in total. The van der Waals surface area contributed by atoms with Crippen molar-refractivity contribution in [3.63, 3.8) is 0 Å². The molecule has 0 saturated carbocycles. The summed E-state index contributed by atoms with van der Waals surface area (Å²) in [7, 11) is 0. The zero-order valence-corrected chi connectivity index (χ0v) is 8.57. The minimum Gasteiger partial charge on any atom is -0.491 e. The molecule has 0 saturated heterocycles. The summed E-state index contributed by atoms with van der Waals surface area (Å²) in [4.78, 5) is 10.6. The molecule has 1 aromatic carbocycles. The van der Waals surface area contributed by atoms with Crippen LogP contribution in [0.1, 0.15) is 29.8 Å². The van der Waals surface area contributed by atoms with E-state index in [2.05, 4.69) is 0 Å². The number of aromatic carboxylic acids is 1. The average molecular weight is 194 g/mol. The van der Waals surface area contributed by atoms with E-state index in [9.17, 15) is 4.79 Å². The second-order valence-corrected chi connectivity index (χ2v) is 3.45. The number of hydrogen-bond acceptors (Lipinski definition) is 2. The maximum absolute atomic E-state index is 10.6. The van der Waals surface area contributed by atoms with Crippen LogP contribution in [0, 0.1) is 6.92 Å². The summed E-state index contributed by atoms with van der Waals surface area (Å²) in [6.45, 7) is 5.71. The second kappa shape index (κ2) is 4.13. The third-order valence-electron chi connectivity index (χ3n) is 1.78. The Morgan fingerprint density at radius 3 is 2.50 bits per heavy atom. The van der Waals surface area contributed by atoms with Gasteiger partial charge in [0.1, 0.15) is 5.75 Å². The number of benzene rings is 1. The van der Waals surface area contributed by atoms with Gasteiger partial charge in [-0.15, -0.1) is 0 Å². The fourth-order valence-corrected chi connectivity index (χ4v) is 1.17. The van der Waals surface area contributed by atoms with Crippen molar-refractivity contribution in [3.05, 3.63) is 29.3 Å². The first-order valence-corrected chi connectivity index (χ1v) is 4.51. The summed E-state index contributed by atoms with van der Waals surface area (Å²) in [5.74, 6) is -0.172. The molecule has 0 atom stereocenters. The predicted octanol–water partition coefficient (Wildman–Crippen LogP) is 2.48. The van der Waals surface area contributed by atoms with Crippen LogP contribution < -0.4 is 4.74 Å². The Bertz CT molecular complexity index is 342. The molecule has 0 amide bonds. The normalized spacial score (nSPS) is 10.3. The van der Waals surface area contributed by atoms with Crippen LogP contribution in [0.5, 0.6) is 5.75 Å². The van der Waals surface area contributed by atoms with Crippen LogP contribution >= 0.6 is 0 Å². The molecule has 1 aromatic rings. The summed E-state index contributed by atoms with van der Waals surface area (Å²) < 4.78 is 5.49. The maximum Gasteiger partial charge on any atom is 0.335 e. The van der Waals surface area contributed by atoms with Crippen LogP contribution in [0.25, 0.3) is 0 Å². The lowest BCUT2D eigenvalue weighted by Crippen LogP contribution is -2.07. The molecule has 0 aliphatic rings. The molecule has 0 aromatic heterocycles. The van der Waals surface area contributed by atoms with Crippen molar-refractivity contribution >= 4 is 5.97 Å². The number of carboxylic acid groups (broad SMARTS) is 1. The molecule has 14 heavy (non-hydrogen) atoms. The third-order valence-corrected chi connectivity index (χ3v) is 1.78. The van der Waals surface area contributed by atoms with E-state index in [4.69, 9.17) is 9.84 Å². The van der Waals surface area contributed by atoms with Gasteiger partial charge in [-0.05, 0) is 44.5 Å². The largest absolute Gasteiger partial charge is 0.491 e. The van der Waals surface area contributed by atoms with Crippen LogP contribution in [0.4, 0.5) is 0 Å². The van der Waals surface area contributed by atoms with E-state index in [1.165, 1.54) is 0 Å². The van der Waals surface area contributed by atoms with Crippen LogP contribution in [0.15, 0.2) is 18.2 Å². The molecule has 76 valence electrons. The van der Waals surface area contributed by atoms with Gasteiger partial charge >= 0.3 is 5.97 Å². The minimum atomic E-state index is -0.913. The third kappa shape index (κ3) is 2.49. The topological polar surface area (TPSA) is 46.5 Å².